The van der Waals surface area contributed by atoms with Gasteiger partial charge in [-0.3, -0.25) is 0 Å². The van der Waals surface area contributed by atoms with E-state index in [2.05, 4.69) is 9.80 Å². The molecule has 2 N–H and O–H groups in total. The largest absolute Gasteiger partial charge is 0.389 e. The van der Waals surface area contributed by atoms with E-state index in [1.807, 2.05) is 6.92 Å². The number of aliphatic hydroxyl groups excluding tert-OH is 2. The molecule has 0 amide bonds. The highest BCUT2D eigenvalue weighted by Gasteiger charge is 2.18. The molecule has 2 aliphatic rings. The third kappa shape index (κ3) is 7.92. The summed E-state index contributed by atoms with van der Waals surface area (Å²) in [4.78, 5) is 4.56. The van der Waals surface area contributed by atoms with E-state index >= 15 is 0 Å². The molecule has 3 unspecified atom stereocenters. The zero-order chi connectivity index (χ0) is 16.5. The molecule has 0 bridgehead atoms. The van der Waals surface area contributed by atoms with Crippen LogP contribution < -0.4 is 0 Å². The van der Waals surface area contributed by atoms with Crippen LogP contribution >= 0.6 is 0 Å². The van der Waals surface area contributed by atoms with Crippen molar-refractivity contribution >= 4 is 0 Å². The first kappa shape index (κ1) is 19.1. The van der Waals surface area contributed by atoms with Gasteiger partial charge in [0.2, 0.25) is 0 Å². The second-order valence-electron chi connectivity index (χ2n) is 7.00. The molecule has 0 saturated carbocycles. The standard InChI is InChI=1S/C17H34N2O4/c1-15(23-14-17(21)11-19-8-4-5-9-19)12-22-13-16(20)10-18-6-2-3-7-18/h15-17,20-21H,2-14H2,1H3. The number of hydrogen-bond acceptors (Lipinski definition) is 6. The normalized spacial score (nSPS) is 24.1. The van der Waals surface area contributed by atoms with Crippen LogP contribution in [0.5, 0.6) is 0 Å². The summed E-state index contributed by atoms with van der Waals surface area (Å²) in [7, 11) is 0. The lowest BCUT2D eigenvalue weighted by Crippen LogP contribution is -2.35. The summed E-state index contributed by atoms with van der Waals surface area (Å²) in [5, 5.41) is 19.9. The van der Waals surface area contributed by atoms with Gasteiger partial charge in [0.05, 0.1) is 38.1 Å². The molecule has 6 nitrogen and oxygen atoms in total. The quantitative estimate of drug-likeness (QED) is 0.569. The topological polar surface area (TPSA) is 65.4 Å². The number of nitrogens with zero attached hydrogens (tertiary/aromatic N) is 2. The van der Waals surface area contributed by atoms with Gasteiger partial charge in [0.15, 0.2) is 0 Å². The summed E-state index contributed by atoms with van der Waals surface area (Å²) in [6.45, 7) is 8.83. The molecule has 3 atom stereocenters. The van der Waals surface area contributed by atoms with E-state index in [4.69, 9.17) is 9.47 Å². The van der Waals surface area contributed by atoms with Crippen LogP contribution in [0.2, 0.25) is 0 Å². The van der Waals surface area contributed by atoms with E-state index in [9.17, 15) is 10.2 Å². The van der Waals surface area contributed by atoms with Gasteiger partial charge in [-0.15, -0.1) is 0 Å². The average Bonchev–Trinajstić information content (AvgIpc) is 3.19. The summed E-state index contributed by atoms with van der Waals surface area (Å²) < 4.78 is 11.2. The van der Waals surface area contributed by atoms with Crippen molar-refractivity contribution in [2.24, 2.45) is 0 Å². The molecular formula is C17H34N2O4. The van der Waals surface area contributed by atoms with Crippen molar-refractivity contribution in [1.29, 1.82) is 0 Å². The minimum atomic E-state index is -0.434. The molecule has 0 aromatic heterocycles. The molecule has 2 rings (SSSR count). The maximum Gasteiger partial charge on any atom is 0.0900 e. The number of rotatable bonds is 11. The van der Waals surface area contributed by atoms with E-state index in [-0.39, 0.29) is 6.10 Å². The lowest BCUT2D eigenvalue weighted by atomic mass is 10.3. The molecule has 0 radical (unpaired) electrons. The molecule has 23 heavy (non-hydrogen) atoms. The first-order valence-electron chi connectivity index (χ1n) is 9.13. The fraction of sp³-hybridized carbons (Fsp3) is 1.00. The number of β-amino-alcohol motifs (C(OH)–C–C–N with tert-alkyl or cyclic N) is 2. The number of aliphatic hydroxyl groups is 2. The second-order valence-corrected chi connectivity index (χ2v) is 7.00. The Morgan fingerprint density at radius 2 is 1.26 bits per heavy atom. The Balaban J connectivity index is 1.46. The molecule has 2 aliphatic heterocycles. The SMILES string of the molecule is CC(COCC(O)CN1CCCC1)OCC(O)CN1CCCC1. The second kappa shape index (κ2) is 10.6. The first-order valence-corrected chi connectivity index (χ1v) is 9.13. The van der Waals surface area contributed by atoms with Gasteiger partial charge in [-0.25, -0.2) is 0 Å². The molecule has 0 aromatic carbocycles. The molecule has 0 aliphatic carbocycles. The Labute approximate surface area is 140 Å². The summed E-state index contributed by atoms with van der Waals surface area (Å²) in [6, 6.07) is 0. The predicted octanol–water partition coefficient (Wildman–Crippen LogP) is 0.322. The fourth-order valence-electron chi connectivity index (χ4n) is 3.33. The highest BCUT2D eigenvalue weighted by atomic mass is 16.5. The molecule has 2 heterocycles. The Morgan fingerprint density at radius 3 is 1.78 bits per heavy atom. The van der Waals surface area contributed by atoms with Crippen molar-refractivity contribution in [2.45, 2.75) is 50.9 Å². The van der Waals surface area contributed by atoms with Gasteiger partial charge in [0, 0.05) is 13.1 Å². The number of likely N-dealkylation sites (tertiary alicyclic amines) is 2. The molecule has 2 saturated heterocycles. The molecule has 2 fully saturated rings. The fourth-order valence-corrected chi connectivity index (χ4v) is 3.33. The maximum atomic E-state index is 9.98. The van der Waals surface area contributed by atoms with E-state index in [1.54, 1.807) is 0 Å². The van der Waals surface area contributed by atoms with E-state index in [0.717, 1.165) is 26.2 Å². The van der Waals surface area contributed by atoms with Crippen LogP contribution in [-0.2, 0) is 9.47 Å². The van der Waals surface area contributed by atoms with Crippen molar-refractivity contribution in [2.75, 3.05) is 59.1 Å². The van der Waals surface area contributed by atoms with Gasteiger partial charge in [0.1, 0.15) is 0 Å². The van der Waals surface area contributed by atoms with Gasteiger partial charge in [-0.05, 0) is 58.8 Å². The van der Waals surface area contributed by atoms with Gasteiger partial charge in [-0.2, -0.15) is 0 Å². The minimum Gasteiger partial charge on any atom is -0.389 e. The smallest absolute Gasteiger partial charge is 0.0900 e. The van der Waals surface area contributed by atoms with Crippen LogP contribution in [0.3, 0.4) is 0 Å². The zero-order valence-corrected chi connectivity index (χ0v) is 14.5. The van der Waals surface area contributed by atoms with Crippen molar-refractivity contribution in [3.63, 3.8) is 0 Å². The Kier molecular flexibility index (Phi) is 8.79. The molecular weight excluding hydrogens is 296 g/mol. The van der Waals surface area contributed by atoms with Crippen LogP contribution in [0.15, 0.2) is 0 Å². The molecule has 136 valence electrons. The predicted molar refractivity (Wildman–Crippen MR) is 89.6 cm³/mol. The van der Waals surface area contributed by atoms with Crippen molar-refractivity contribution in [3.8, 4) is 0 Å². The molecule has 0 spiro atoms. The third-order valence-electron chi connectivity index (χ3n) is 4.57. The van der Waals surface area contributed by atoms with Gasteiger partial charge >= 0.3 is 0 Å². The number of hydrogen-bond donors (Lipinski definition) is 2. The lowest BCUT2D eigenvalue weighted by molar-refractivity contribution is -0.0604. The molecule has 6 heteroatoms. The summed E-state index contributed by atoms with van der Waals surface area (Å²) in [6.07, 6.45) is 4.01. The highest BCUT2D eigenvalue weighted by Crippen LogP contribution is 2.09. The Morgan fingerprint density at radius 1 is 0.783 bits per heavy atom. The number of ether oxygens (including phenoxy) is 2. The van der Waals surface area contributed by atoms with Crippen LogP contribution in [0.25, 0.3) is 0 Å². The zero-order valence-electron chi connectivity index (χ0n) is 14.5. The summed E-state index contributed by atoms with van der Waals surface area (Å²) in [5.74, 6) is 0. The Hall–Kier alpha value is -0.240. The van der Waals surface area contributed by atoms with Crippen molar-refractivity contribution in [3.05, 3.63) is 0 Å². The van der Waals surface area contributed by atoms with Crippen LogP contribution in [-0.4, -0.2) is 97.4 Å². The first-order chi connectivity index (χ1) is 11.1. The van der Waals surface area contributed by atoms with Crippen LogP contribution in [0, 0.1) is 0 Å². The van der Waals surface area contributed by atoms with Gasteiger partial charge in [0.25, 0.3) is 0 Å². The summed E-state index contributed by atoms with van der Waals surface area (Å²) in [5.41, 5.74) is 0. The monoisotopic (exact) mass is 330 g/mol. The molecule has 0 aromatic rings. The van der Waals surface area contributed by atoms with Crippen molar-refractivity contribution < 1.29 is 19.7 Å². The third-order valence-corrected chi connectivity index (χ3v) is 4.57. The maximum absolute atomic E-state index is 9.98. The minimum absolute atomic E-state index is 0.0674. The van der Waals surface area contributed by atoms with Crippen molar-refractivity contribution in [1.82, 2.24) is 9.80 Å². The van der Waals surface area contributed by atoms with E-state index < -0.39 is 12.2 Å². The van der Waals surface area contributed by atoms with Crippen LogP contribution in [0.4, 0.5) is 0 Å². The highest BCUT2D eigenvalue weighted by molar-refractivity contribution is 4.71. The lowest BCUT2D eigenvalue weighted by Gasteiger charge is -2.22. The van der Waals surface area contributed by atoms with E-state index in [1.165, 1.54) is 25.7 Å². The van der Waals surface area contributed by atoms with Gasteiger partial charge < -0.3 is 29.5 Å². The van der Waals surface area contributed by atoms with E-state index in [0.29, 0.717) is 32.9 Å². The van der Waals surface area contributed by atoms with Crippen LogP contribution in [0.1, 0.15) is 32.6 Å². The summed E-state index contributed by atoms with van der Waals surface area (Å²) >= 11 is 0. The van der Waals surface area contributed by atoms with Gasteiger partial charge in [-0.1, -0.05) is 0 Å². The Bertz CT molecular complexity index is 307. The average molecular weight is 330 g/mol.